The number of thioether (sulfide) groups is 1. The maximum atomic E-state index is 13.0. The summed E-state index contributed by atoms with van der Waals surface area (Å²) in [7, 11) is 0. The molecule has 1 aliphatic rings. The molecule has 3 aromatic rings. The highest BCUT2D eigenvalue weighted by atomic mass is 32.2. The van der Waals surface area contributed by atoms with Crippen LogP contribution < -0.4 is 20.3 Å². The number of imide groups is 1. The Balaban J connectivity index is 1.40. The molecular weight excluding hydrogens is 438 g/mol. The predicted octanol–water partition coefficient (Wildman–Crippen LogP) is 5.15. The highest BCUT2D eigenvalue weighted by molar-refractivity contribution is 8.00. The van der Waals surface area contributed by atoms with E-state index in [0.717, 1.165) is 4.90 Å². The Labute approximate surface area is 196 Å². The van der Waals surface area contributed by atoms with Crippen molar-refractivity contribution in [2.75, 3.05) is 22.1 Å². The molecule has 0 saturated carbocycles. The zero-order chi connectivity index (χ0) is 23.2. The minimum Gasteiger partial charge on any atom is -0.494 e. The summed E-state index contributed by atoms with van der Waals surface area (Å²) in [6.45, 7) is 2.44. The van der Waals surface area contributed by atoms with Crippen LogP contribution in [0.1, 0.15) is 13.3 Å². The first-order valence-corrected chi connectivity index (χ1v) is 11.4. The molecule has 0 aliphatic carbocycles. The number of benzene rings is 3. The van der Waals surface area contributed by atoms with Gasteiger partial charge in [0.1, 0.15) is 5.75 Å². The highest BCUT2D eigenvalue weighted by Gasteiger charge is 2.40. The minimum absolute atomic E-state index is 0.114. The van der Waals surface area contributed by atoms with Crippen LogP contribution in [0.2, 0.25) is 0 Å². The number of para-hydroxylation sites is 1. The predicted molar refractivity (Wildman–Crippen MR) is 130 cm³/mol. The summed E-state index contributed by atoms with van der Waals surface area (Å²) >= 11 is 1.31. The Kier molecular flexibility index (Phi) is 6.95. The second-order valence-corrected chi connectivity index (χ2v) is 8.55. The van der Waals surface area contributed by atoms with E-state index in [0.29, 0.717) is 29.4 Å². The number of hydrogen-bond acceptors (Lipinski definition) is 5. The monoisotopic (exact) mass is 461 g/mol. The van der Waals surface area contributed by atoms with Crippen molar-refractivity contribution in [3.63, 3.8) is 0 Å². The average Bonchev–Trinajstić information content (AvgIpc) is 3.08. The molecule has 168 valence electrons. The number of nitrogens with one attached hydrogen (secondary N) is 2. The fraction of sp³-hybridized carbons (Fsp3) is 0.160. The molecular formula is C25H23N3O4S. The number of rotatable bonds is 7. The number of ether oxygens (including phenoxy) is 1. The van der Waals surface area contributed by atoms with E-state index in [1.165, 1.54) is 16.7 Å². The average molecular weight is 462 g/mol. The van der Waals surface area contributed by atoms with Crippen molar-refractivity contribution in [3.8, 4) is 5.75 Å². The zero-order valence-corrected chi connectivity index (χ0v) is 18.8. The number of anilines is 3. The van der Waals surface area contributed by atoms with Crippen molar-refractivity contribution in [2.24, 2.45) is 0 Å². The van der Waals surface area contributed by atoms with Gasteiger partial charge in [0.2, 0.25) is 11.8 Å². The van der Waals surface area contributed by atoms with E-state index in [4.69, 9.17) is 4.74 Å². The third-order valence-electron chi connectivity index (χ3n) is 4.91. The van der Waals surface area contributed by atoms with Gasteiger partial charge in [0.15, 0.2) is 0 Å². The van der Waals surface area contributed by atoms with Gasteiger partial charge in [-0.25, -0.2) is 9.69 Å². The van der Waals surface area contributed by atoms with Crippen molar-refractivity contribution in [1.29, 1.82) is 0 Å². The SMILES string of the molecule is CCOc1ccc(N2C(=O)C[C@@H](Sc3cccc(NC(=O)Nc4ccccc4)c3)C2=O)cc1. The fourth-order valence-electron chi connectivity index (χ4n) is 3.45. The van der Waals surface area contributed by atoms with Gasteiger partial charge in [0, 0.05) is 22.7 Å². The Hall–Kier alpha value is -3.78. The molecule has 0 aromatic heterocycles. The summed E-state index contributed by atoms with van der Waals surface area (Å²) in [6.07, 6.45) is 0.114. The number of urea groups is 1. The number of carbonyl (C=O) groups is 3. The van der Waals surface area contributed by atoms with E-state index in [9.17, 15) is 14.4 Å². The van der Waals surface area contributed by atoms with E-state index >= 15 is 0 Å². The van der Waals surface area contributed by atoms with Crippen LogP contribution in [-0.4, -0.2) is 29.7 Å². The Morgan fingerprint density at radius 2 is 1.67 bits per heavy atom. The molecule has 0 radical (unpaired) electrons. The molecule has 1 aliphatic heterocycles. The fourth-order valence-corrected chi connectivity index (χ4v) is 4.56. The lowest BCUT2D eigenvalue weighted by molar-refractivity contribution is -0.121. The van der Waals surface area contributed by atoms with Gasteiger partial charge >= 0.3 is 6.03 Å². The van der Waals surface area contributed by atoms with E-state index in [1.807, 2.05) is 31.2 Å². The maximum Gasteiger partial charge on any atom is 0.323 e. The van der Waals surface area contributed by atoms with Gasteiger partial charge in [-0.1, -0.05) is 24.3 Å². The largest absolute Gasteiger partial charge is 0.494 e. The van der Waals surface area contributed by atoms with Gasteiger partial charge in [-0.05, 0) is 61.5 Å². The first kappa shape index (κ1) is 22.4. The van der Waals surface area contributed by atoms with Crippen LogP contribution in [-0.2, 0) is 9.59 Å². The topological polar surface area (TPSA) is 87.7 Å². The van der Waals surface area contributed by atoms with Gasteiger partial charge in [-0.3, -0.25) is 9.59 Å². The van der Waals surface area contributed by atoms with Crippen molar-refractivity contribution < 1.29 is 19.1 Å². The summed E-state index contributed by atoms with van der Waals surface area (Å²) in [4.78, 5) is 39.8. The van der Waals surface area contributed by atoms with Gasteiger partial charge in [0.05, 0.1) is 17.5 Å². The van der Waals surface area contributed by atoms with Crippen molar-refractivity contribution >= 4 is 46.7 Å². The Bertz CT molecular complexity index is 1150. The number of amides is 4. The Morgan fingerprint density at radius 3 is 2.39 bits per heavy atom. The van der Waals surface area contributed by atoms with Crippen molar-refractivity contribution in [2.45, 2.75) is 23.5 Å². The standard InChI is InChI=1S/C25H23N3O4S/c1-2-32-20-13-11-19(12-14-20)28-23(29)16-22(24(28)30)33-21-10-6-9-18(15-21)27-25(31)26-17-7-4-3-5-8-17/h3-15,22H,2,16H2,1H3,(H2,26,27,31)/t22-/m1/s1. The molecule has 8 heteroatoms. The molecule has 0 spiro atoms. The maximum absolute atomic E-state index is 13.0. The lowest BCUT2D eigenvalue weighted by Gasteiger charge is -2.15. The summed E-state index contributed by atoms with van der Waals surface area (Å²) in [5, 5.41) is 5.02. The van der Waals surface area contributed by atoms with Crippen LogP contribution in [0.4, 0.5) is 21.9 Å². The van der Waals surface area contributed by atoms with E-state index in [2.05, 4.69) is 10.6 Å². The molecule has 7 nitrogen and oxygen atoms in total. The normalized spacial score (nSPS) is 15.4. The summed E-state index contributed by atoms with van der Waals surface area (Å²) in [5.41, 5.74) is 1.81. The summed E-state index contributed by atoms with van der Waals surface area (Å²) in [5.74, 6) is 0.194. The van der Waals surface area contributed by atoms with Crippen molar-refractivity contribution in [1.82, 2.24) is 0 Å². The van der Waals surface area contributed by atoms with Gasteiger partial charge in [-0.2, -0.15) is 0 Å². The Morgan fingerprint density at radius 1 is 0.970 bits per heavy atom. The third kappa shape index (κ3) is 5.53. The first-order chi connectivity index (χ1) is 16.0. The molecule has 1 atom stereocenters. The van der Waals surface area contributed by atoms with Gasteiger partial charge in [0.25, 0.3) is 0 Å². The molecule has 1 fully saturated rings. The molecule has 1 heterocycles. The number of hydrogen-bond donors (Lipinski definition) is 2. The van der Waals surface area contributed by atoms with Crippen LogP contribution in [0.3, 0.4) is 0 Å². The van der Waals surface area contributed by atoms with Crippen LogP contribution in [0.15, 0.2) is 83.8 Å². The molecule has 33 heavy (non-hydrogen) atoms. The van der Waals surface area contributed by atoms with E-state index in [-0.39, 0.29) is 24.3 Å². The highest BCUT2D eigenvalue weighted by Crippen LogP contribution is 2.35. The minimum atomic E-state index is -0.530. The second kappa shape index (κ2) is 10.2. The first-order valence-electron chi connectivity index (χ1n) is 10.5. The summed E-state index contributed by atoms with van der Waals surface area (Å²) < 4.78 is 5.42. The molecule has 3 aromatic carbocycles. The molecule has 0 unspecified atom stereocenters. The summed E-state index contributed by atoms with van der Waals surface area (Å²) in [6, 6.07) is 22.9. The molecule has 4 rings (SSSR count). The van der Waals surface area contributed by atoms with Crippen LogP contribution in [0.5, 0.6) is 5.75 Å². The van der Waals surface area contributed by atoms with Crippen LogP contribution in [0, 0.1) is 0 Å². The molecule has 0 bridgehead atoms. The molecule has 1 saturated heterocycles. The zero-order valence-electron chi connectivity index (χ0n) is 18.0. The molecule has 2 N–H and O–H groups in total. The third-order valence-corrected chi connectivity index (χ3v) is 6.09. The quantitative estimate of drug-likeness (QED) is 0.475. The van der Waals surface area contributed by atoms with E-state index < -0.39 is 5.25 Å². The van der Waals surface area contributed by atoms with Gasteiger partial charge in [-0.15, -0.1) is 11.8 Å². The van der Waals surface area contributed by atoms with Crippen molar-refractivity contribution in [3.05, 3.63) is 78.9 Å². The smallest absolute Gasteiger partial charge is 0.323 e. The lowest BCUT2D eigenvalue weighted by atomic mass is 10.3. The van der Waals surface area contributed by atoms with E-state index in [1.54, 1.807) is 54.6 Å². The van der Waals surface area contributed by atoms with Crippen LogP contribution in [0.25, 0.3) is 0 Å². The number of nitrogens with zero attached hydrogens (tertiary/aromatic N) is 1. The lowest BCUT2D eigenvalue weighted by Crippen LogP contribution is -2.31. The number of carbonyl (C=O) groups excluding carboxylic acids is 3. The van der Waals surface area contributed by atoms with Gasteiger partial charge < -0.3 is 15.4 Å². The second-order valence-electron chi connectivity index (χ2n) is 7.28. The van der Waals surface area contributed by atoms with Crippen LogP contribution >= 0.6 is 11.8 Å². The molecule has 4 amide bonds.